The van der Waals surface area contributed by atoms with Crippen LogP contribution < -0.4 is 11.1 Å². The van der Waals surface area contributed by atoms with Gasteiger partial charge in [-0.1, -0.05) is 11.6 Å². The Labute approximate surface area is 97.6 Å². The first kappa shape index (κ1) is 12.1. The minimum absolute atomic E-state index is 0.182. The SMILES string of the molecule is CSCCNC(=O)c1cnc(N)c(Cl)c1. The largest absolute Gasteiger partial charge is 0.382 e. The Balaban J connectivity index is 2.62. The summed E-state index contributed by atoms with van der Waals surface area (Å²) < 4.78 is 0. The monoisotopic (exact) mass is 245 g/mol. The summed E-state index contributed by atoms with van der Waals surface area (Å²) in [6.07, 6.45) is 3.39. The van der Waals surface area contributed by atoms with Crippen LogP contribution in [0.1, 0.15) is 10.4 Å². The van der Waals surface area contributed by atoms with Gasteiger partial charge in [0.05, 0.1) is 10.6 Å². The fraction of sp³-hybridized carbons (Fsp3) is 0.333. The molecule has 0 unspecified atom stereocenters. The van der Waals surface area contributed by atoms with Crippen LogP contribution in [-0.2, 0) is 0 Å². The first-order valence-corrected chi connectivity index (χ1v) is 6.10. The van der Waals surface area contributed by atoms with Gasteiger partial charge in [-0.2, -0.15) is 11.8 Å². The van der Waals surface area contributed by atoms with Gasteiger partial charge in [0.25, 0.3) is 5.91 Å². The number of nitrogens with zero attached hydrogens (tertiary/aromatic N) is 1. The van der Waals surface area contributed by atoms with E-state index < -0.39 is 0 Å². The molecule has 0 bridgehead atoms. The fourth-order valence-corrected chi connectivity index (χ4v) is 1.41. The Bertz CT molecular complexity index is 359. The molecule has 0 radical (unpaired) electrons. The molecular weight excluding hydrogens is 234 g/mol. The van der Waals surface area contributed by atoms with Gasteiger partial charge in [-0.25, -0.2) is 4.98 Å². The van der Waals surface area contributed by atoms with E-state index in [0.717, 1.165) is 5.75 Å². The number of rotatable bonds is 4. The van der Waals surface area contributed by atoms with E-state index in [0.29, 0.717) is 17.1 Å². The van der Waals surface area contributed by atoms with Crippen molar-refractivity contribution in [1.82, 2.24) is 10.3 Å². The second-order valence-electron chi connectivity index (χ2n) is 2.84. The molecule has 0 aliphatic carbocycles. The zero-order valence-corrected chi connectivity index (χ0v) is 9.86. The Hall–Kier alpha value is -0.940. The number of nitrogens with one attached hydrogen (secondary N) is 1. The van der Waals surface area contributed by atoms with E-state index in [1.165, 1.54) is 12.3 Å². The standard InChI is InChI=1S/C9H12ClN3OS/c1-15-3-2-12-9(14)6-4-7(10)8(11)13-5-6/h4-5H,2-3H2,1H3,(H2,11,13)(H,12,14). The van der Waals surface area contributed by atoms with Crippen molar-refractivity contribution in [2.75, 3.05) is 24.3 Å². The number of nitrogen functional groups attached to an aromatic ring is 1. The highest BCUT2D eigenvalue weighted by Gasteiger charge is 2.07. The molecule has 1 rings (SSSR count). The molecule has 4 nitrogen and oxygen atoms in total. The van der Waals surface area contributed by atoms with Gasteiger partial charge >= 0.3 is 0 Å². The summed E-state index contributed by atoms with van der Waals surface area (Å²) in [5.41, 5.74) is 5.86. The zero-order chi connectivity index (χ0) is 11.3. The molecule has 1 aromatic rings. The van der Waals surface area contributed by atoms with Crippen molar-refractivity contribution >= 4 is 35.1 Å². The summed E-state index contributed by atoms with van der Waals surface area (Å²) in [4.78, 5) is 15.3. The number of amides is 1. The summed E-state index contributed by atoms with van der Waals surface area (Å²) >= 11 is 7.42. The molecule has 3 N–H and O–H groups in total. The van der Waals surface area contributed by atoms with Crippen LogP contribution in [0.4, 0.5) is 5.82 Å². The van der Waals surface area contributed by atoms with Crippen LogP contribution in [0.3, 0.4) is 0 Å². The fourth-order valence-electron chi connectivity index (χ4n) is 0.941. The van der Waals surface area contributed by atoms with Crippen LogP contribution in [0, 0.1) is 0 Å². The van der Waals surface area contributed by atoms with Gasteiger partial charge in [0.2, 0.25) is 0 Å². The predicted octanol–water partition coefficient (Wildman–Crippen LogP) is 1.41. The molecule has 0 aliphatic rings. The Morgan fingerprint density at radius 3 is 3.07 bits per heavy atom. The Morgan fingerprint density at radius 1 is 1.73 bits per heavy atom. The molecule has 6 heteroatoms. The number of halogens is 1. The highest BCUT2D eigenvalue weighted by atomic mass is 35.5. The van der Waals surface area contributed by atoms with Gasteiger partial charge in [0.15, 0.2) is 0 Å². The highest BCUT2D eigenvalue weighted by molar-refractivity contribution is 7.98. The molecule has 0 aliphatic heterocycles. The minimum atomic E-state index is -0.182. The van der Waals surface area contributed by atoms with Gasteiger partial charge in [0, 0.05) is 18.5 Å². The van der Waals surface area contributed by atoms with Crippen molar-refractivity contribution in [3.8, 4) is 0 Å². The van der Waals surface area contributed by atoms with E-state index in [-0.39, 0.29) is 11.7 Å². The van der Waals surface area contributed by atoms with E-state index in [4.69, 9.17) is 17.3 Å². The Kier molecular flexibility index (Phi) is 4.71. The average Bonchev–Trinajstić information content (AvgIpc) is 2.22. The summed E-state index contributed by atoms with van der Waals surface area (Å²) in [5, 5.41) is 3.05. The first-order chi connectivity index (χ1) is 7.15. The van der Waals surface area contributed by atoms with E-state index in [9.17, 15) is 4.79 Å². The zero-order valence-electron chi connectivity index (χ0n) is 8.29. The van der Waals surface area contributed by atoms with E-state index >= 15 is 0 Å². The predicted molar refractivity (Wildman–Crippen MR) is 64.4 cm³/mol. The quantitative estimate of drug-likeness (QED) is 0.787. The van der Waals surface area contributed by atoms with Gasteiger partial charge < -0.3 is 11.1 Å². The Morgan fingerprint density at radius 2 is 2.47 bits per heavy atom. The highest BCUT2D eigenvalue weighted by Crippen LogP contribution is 2.16. The lowest BCUT2D eigenvalue weighted by molar-refractivity contribution is 0.0956. The molecule has 1 aromatic heterocycles. The van der Waals surface area contributed by atoms with Crippen LogP contribution in [0.2, 0.25) is 5.02 Å². The number of hydrogen-bond donors (Lipinski definition) is 2. The number of anilines is 1. The second-order valence-corrected chi connectivity index (χ2v) is 4.23. The lowest BCUT2D eigenvalue weighted by Gasteiger charge is -2.04. The van der Waals surface area contributed by atoms with Crippen molar-refractivity contribution < 1.29 is 4.79 Å². The van der Waals surface area contributed by atoms with Crippen LogP contribution in [0.5, 0.6) is 0 Å². The van der Waals surface area contributed by atoms with Crippen molar-refractivity contribution in [2.24, 2.45) is 0 Å². The molecule has 0 saturated carbocycles. The molecular formula is C9H12ClN3OS. The first-order valence-electron chi connectivity index (χ1n) is 4.33. The number of carbonyl (C=O) groups excluding carboxylic acids is 1. The number of pyridine rings is 1. The van der Waals surface area contributed by atoms with E-state index in [1.54, 1.807) is 11.8 Å². The van der Waals surface area contributed by atoms with Crippen LogP contribution in [-0.4, -0.2) is 29.4 Å². The smallest absolute Gasteiger partial charge is 0.252 e. The maximum absolute atomic E-state index is 11.5. The lowest BCUT2D eigenvalue weighted by Crippen LogP contribution is -2.25. The summed E-state index contributed by atoms with van der Waals surface area (Å²) in [6.45, 7) is 0.627. The number of nitrogens with two attached hydrogens (primary N) is 1. The van der Waals surface area contributed by atoms with E-state index in [1.807, 2.05) is 6.26 Å². The molecule has 0 fully saturated rings. The number of thioether (sulfide) groups is 1. The maximum atomic E-state index is 11.5. The van der Waals surface area contributed by atoms with Crippen LogP contribution >= 0.6 is 23.4 Å². The maximum Gasteiger partial charge on any atom is 0.252 e. The summed E-state index contributed by atoms with van der Waals surface area (Å²) in [7, 11) is 0. The van der Waals surface area contributed by atoms with Gasteiger partial charge in [-0.15, -0.1) is 0 Å². The van der Waals surface area contributed by atoms with Crippen molar-refractivity contribution in [3.63, 3.8) is 0 Å². The van der Waals surface area contributed by atoms with Crippen LogP contribution in [0.25, 0.3) is 0 Å². The molecule has 0 saturated heterocycles. The molecule has 0 aromatic carbocycles. The normalized spacial score (nSPS) is 10.0. The molecule has 1 amide bonds. The molecule has 0 spiro atoms. The van der Waals surface area contributed by atoms with Crippen molar-refractivity contribution in [1.29, 1.82) is 0 Å². The number of hydrogen-bond acceptors (Lipinski definition) is 4. The minimum Gasteiger partial charge on any atom is -0.382 e. The average molecular weight is 246 g/mol. The molecule has 1 heterocycles. The van der Waals surface area contributed by atoms with Crippen LogP contribution in [0.15, 0.2) is 12.3 Å². The van der Waals surface area contributed by atoms with Gasteiger partial charge in [-0.05, 0) is 12.3 Å². The lowest BCUT2D eigenvalue weighted by atomic mass is 10.2. The third-order valence-corrected chi connectivity index (χ3v) is 2.64. The van der Waals surface area contributed by atoms with Gasteiger partial charge in [0.1, 0.15) is 5.82 Å². The second kappa shape index (κ2) is 5.82. The third kappa shape index (κ3) is 3.60. The van der Waals surface area contributed by atoms with Crippen molar-refractivity contribution in [2.45, 2.75) is 0 Å². The summed E-state index contributed by atoms with van der Waals surface area (Å²) in [5.74, 6) is 0.929. The third-order valence-electron chi connectivity index (χ3n) is 1.72. The summed E-state index contributed by atoms with van der Waals surface area (Å²) in [6, 6.07) is 1.51. The van der Waals surface area contributed by atoms with Gasteiger partial charge in [-0.3, -0.25) is 4.79 Å². The molecule has 15 heavy (non-hydrogen) atoms. The van der Waals surface area contributed by atoms with E-state index in [2.05, 4.69) is 10.3 Å². The number of carbonyl (C=O) groups is 1. The molecule has 82 valence electrons. The number of aromatic nitrogens is 1. The molecule has 0 atom stereocenters. The topological polar surface area (TPSA) is 68.0 Å². The van der Waals surface area contributed by atoms with Crippen molar-refractivity contribution in [3.05, 3.63) is 22.8 Å².